The molecular formula is C21H28N4O5. The molecule has 1 atom stereocenters. The molecule has 1 amide bonds. The van der Waals surface area contributed by atoms with E-state index in [1.165, 1.54) is 11.2 Å². The predicted molar refractivity (Wildman–Crippen MR) is 109 cm³/mol. The Labute approximate surface area is 175 Å². The molecule has 162 valence electrons. The molecule has 1 aromatic heterocycles. The van der Waals surface area contributed by atoms with Crippen LogP contribution in [0.3, 0.4) is 0 Å². The Morgan fingerprint density at radius 2 is 1.93 bits per heavy atom. The van der Waals surface area contributed by atoms with E-state index in [2.05, 4.69) is 15.3 Å². The van der Waals surface area contributed by atoms with Crippen LogP contribution in [-0.4, -0.2) is 63.6 Å². The van der Waals surface area contributed by atoms with Gasteiger partial charge < -0.3 is 20.1 Å². The Balaban J connectivity index is 2.03. The number of hydrogen-bond donors (Lipinski definition) is 3. The fourth-order valence-corrected chi connectivity index (χ4v) is 2.80. The molecule has 3 N–H and O–H groups in total. The molecule has 2 aromatic rings. The maximum atomic E-state index is 12.6. The van der Waals surface area contributed by atoms with Crippen molar-refractivity contribution in [3.05, 3.63) is 54.1 Å². The van der Waals surface area contributed by atoms with Crippen molar-refractivity contribution < 1.29 is 24.2 Å². The highest BCUT2D eigenvalue weighted by Crippen LogP contribution is 2.06. The van der Waals surface area contributed by atoms with Gasteiger partial charge in [-0.15, -0.1) is 0 Å². The van der Waals surface area contributed by atoms with Gasteiger partial charge in [0.05, 0.1) is 26.0 Å². The van der Waals surface area contributed by atoms with Crippen LogP contribution in [0, 0.1) is 5.92 Å². The van der Waals surface area contributed by atoms with E-state index in [0.717, 1.165) is 5.56 Å². The molecule has 2 rings (SSSR count). The summed E-state index contributed by atoms with van der Waals surface area (Å²) >= 11 is 0. The zero-order chi connectivity index (χ0) is 21.9. The number of nitrogens with one attached hydrogen (secondary N) is 2. The molecular weight excluding hydrogens is 388 g/mol. The smallest absolute Gasteiger partial charge is 0.329 e. The largest absolute Gasteiger partial charge is 0.480 e. The normalized spacial score (nSPS) is 12.0. The second-order valence-electron chi connectivity index (χ2n) is 7.45. The van der Waals surface area contributed by atoms with E-state index >= 15 is 0 Å². The minimum atomic E-state index is -1.04. The number of aliphatic carboxylic acids is 1. The van der Waals surface area contributed by atoms with E-state index in [1.54, 1.807) is 6.20 Å². The van der Waals surface area contributed by atoms with Crippen LogP contribution in [0.2, 0.25) is 0 Å². The van der Waals surface area contributed by atoms with E-state index < -0.39 is 23.9 Å². The van der Waals surface area contributed by atoms with Crippen molar-refractivity contribution in [2.24, 2.45) is 5.92 Å². The number of esters is 1. The van der Waals surface area contributed by atoms with Gasteiger partial charge in [0.1, 0.15) is 6.04 Å². The molecule has 0 bridgehead atoms. The number of hydrogen-bond acceptors (Lipinski definition) is 6. The second kappa shape index (κ2) is 11.7. The van der Waals surface area contributed by atoms with Gasteiger partial charge in [0.15, 0.2) is 0 Å². The first-order valence-corrected chi connectivity index (χ1v) is 9.74. The Hall–Kier alpha value is -3.20. The third kappa shape index (κ3) is 8.44. The number of amides is 1. The molecule has 1 aromatic carbocycles. The Morgan fingerprint density at radius 1 is 1.20 bits per heavy atom. The molecule has 0 aliphatic rings. The SMILES string of the molecule is CC(C)COC(=O)[C@H](Cc1cnc[nH]1)NC(=O)CN(CC(=O)O)Cc1ccccc1. The lowest BCUT2D eigenvalue weighted by molar-refractivity contribution is -0.149. The van der Waals surface area contributed by atoms with Crippen molar-refractivity contribution in [3.8, 4) is 0 Å². The van der Waals surface area contributed by atoms with Gasteiger partial charge >= 0.3 is 11.9 Å². The number of carbonyl (C=O) groups excluding carboxylic acids is 2. The maximum absolute atomic E-state index is 12.6. The predicted octanol–water partition coefficient (Wildman–Crippen LogP) is 1.22. The quantitative estimate of drug-likeness (QED) is 0.444. The van der Waals surface area contributed by atoms with Crippen LogP contribution in [0.25, 0.3) is 0 Å². The molecule has 0 aliphatic heterocycles. The number of benzene rings is 1. The van der Waals surface area contributed by atoms with Crippen LogP contribution in [0.4, 0.5) is 0 Å². The summed E-state index contributed by atoms with van der Waals surface area (Å²) in [5.74, 6) is -1.88. The first kappa shape index (κ1) is 23.1. The highest BCUT2D eigenvalue weighted by Gasteiger charge is 2.25. The molecule has 0 saturated carbocycles. The summed E-state index contributed by atoms with van der Waals surface area (Å²) < 4.78 is 5.28. The average molecular weight is 416 g/mol. The number of nitrogens with zero attached hydrogens (tertiary/aromatic N) is 2. The van der Waals surface area contributed by atoms with Crippen molar-refractivity contribution in [1.29, 1.82) is 0 Å². The zero-order valence-electron chi connectivity index (χ0n) is 17.2. The highest BCUT2D eigenvalue weighted by atomic mass is 16.5. The van der Waals surface area contributed by atoms with E-state index in [1.807, 2.05) is 44.2 Å². The van der Waals surface area contributed by atoms with E-state index in [9.17, 15) is 19.5 Å². The van der Waals surface area contributed by atoms with E-state index in [-0.39, 0.29) is 32.0 Å². The number of aromatic nitrogens is 2. The minimum absolute atomic E-state index is 0.161. The number of carboxylic acid groups (broad SMARTS) is 1. The molecule has 9 heteroatoms. The monoisotopic (exact) mass is 416 g/mol. The van der Waals surface area contributed by atoms with Crippen molar-refractivity contribution in [2.75, 3.05) is 19.7 Å². The lowest BCUT2D eigenvalue weighted by atomic mass is 10.1. The fraction of sp³-hybridized carbons (Fsp3) is 0.429. The summed E-state index contributed by atoms with van der Waals surface area (Å²) in [5, 5.41) is 11.9. The highest BCUT2D eigenvalue weighted by molar-refractivity contribution is 5.86. The maximum Gasteiger partial charge on any atom is 0.329 e. The third-order valence-electron chi connectivity index (χ3n) is 4.13. The molecule has 0 radical (unpaired) electrons. The Bertz CT molecular complexity index is 808. The van der Waals surface area contributed by atoms with Gasteiger partial charge in [-0.1, -0.05) is 44.2 Å². The summed E-state index contributed by atoms with van der Waals surface area (Å²) in [7, 11) is 0. The van der Waals surface area contributed by atoms with Crippen LogP contribution in [0.15, 0.2) is 42.9 Å². The number of aromatic amines is 1. The molecule has 9 nitrogen and oxygen atoms in total. The number of carboxylic acids is 1. The van der Waals surface area contributed by atoms with Crippen LogP contribution in [0.1, 0.15) is 25.1 Å². The molecule has 0 spiro atoms. The molecule has 30 heavy (non-hydrogen) atoms. The van der Waals surface area contributed by atoms with Gasteiger partial charge in [-0.2, -0.15) is 0 Å². The standard InChI is InChI=1S/C21H28N4O5/c1-15(2)13-30-21(29)18(8-17-9-22-14-23-17)24-19(26)11-25(12-20(27)28)10-16-6-4-3-5-7-16/h3-7,9,14-15,18H,8,10-13H2,1-2H3,(H,22,23)(H,24,26)(H,27,28)/t18-/m0/s1. The number of rotatable bonds is 12. The molecule has 0 saturated heterocycles. The number of H-pyrrole nitrogens is 1. The summed E-state index contributed by atoms with van der Waals surface area (Å²) in [5.41, 5.74) is 1.56. The Kier molecular flexibility index (Phi) is 9.02. The molecule has 0 unspecified atom stereocenters. The molecule has 0 fully saturated rings. The van der Waals surface area contributed by atoms with Crippen LogP contribution in [0.5, 0.6) is 0 Å². The van der Waals surface area contributed by atoms with Gasteiger partial charge in [0, 0.05) is 24.9 Å². The lowest BCUT2D eigenvalue weighted by Gasteiger charge is -2.22. The second-order valence-corrected chi connectivity index (χ2v) is 7.45. The number of ether oxygens (including phenoxy) is 1. The topological polar surface area (TPSA) is 125 Å². The zero-order valence-corrected chi connectivity index (χ0v) is 17.2. The first-order valence-electron chi connectivity index (χ1n) is 9.74. The third-order valence-corrected chi connectivity index (χ3v) is 4.13. The average Bonchev–Trinajstić information content (AvgIpc) is 3.19. The summed E-state index contributed by atoms with van der Waals surface area (Å²) in [6, 6.07) is 8.37. The van der Waals surface area contributed by atoms with E-state index in [4.69, 9.17) is 4.74 Å². The van der Waals surface area contributed by atoms with Gasteiger partial charge in [-0.25, -0.2) is 9.78 Å². The Morgan fingerprint density at radius 3 is 2.53 bits per heavy atom. The van der Waals surface area contributed by atoms with Crippen molar-refractivity contribution >= 4 is 17.8 Å². The van der Waals surface area contributed by atoms with Crippen molar-refractivity contribution in [1.82, 2.24) is 20.2 Å². The van der Waals surface area contributed by atoms with Crippen molar-refractivity contribution in [2.45, 2.75) is 32.9 Å². The van der Waals surface area contributed by atoms with Gasteiger partial charge in [0.2, 0.25) is 5.91 Å². The minimum Gasteiger partial charge on any atom is -0.480 e. The summed E-state index contributed by atoms with van der Waals surface area (Å²) in [4.78, 5) is 44.6. The first-order chi connectivity index (χ1) is 14.3. The van der Waals surface area contributed by atoms with Crippen LogP contribution in [-0.2, 0) is 32.1 Å². The molecule has 1 heterocycles. The molecule has 0 aliphatic carbocycles. The van der Waals surface area contributed by atoms with Gasteiger partial charge in [-0.05, 0) is 11.5 Å². The van der Waals surface area contributed by atoms with E-state index in [0.29, 0.717) is 12.2 Å². The van der Waals surface area contributed by atoms with Crippen LogP contribution < -0.4 is 5.32 Å². The van der Waals surface area contributed by atoms with Crippen LogP contribution >= 0.6 is 0 Å². The number of imidazole rings is 1. The summed E-state index contributed by atoms with van der Waals surface area (Å²) in [6.07, 6.45) is 3.25. The van der Waals surface area contributed by atoms with Gasteiger partial charge in [0.25, 0.3) is 0 Å². The number of carbonyl (C=O) groups is 3. The lowest BCUT2D eigenvalue weighted by Crippen LogP contribution is -2.48. The fourth-order valence-electron chi connectivity index (χ4n) is 2.80. The summed E-state index contributed by atoms with van der Waals surface area (Å²) in [6.45, 7) is 3.91. The van der Waals surface area contributed by atoms with Crippen molar-refractivity contribution in [3.63, 3.8) is 0 Å². The van der Waals surface area contributed by atoms with Gasteiger partial charge in [-0.3, -0.25) is 14.5 Å².